The molecule has 142 valence electrons. The zero-order valence-corrected chi connectivity index (χ0v) is 17.7. The van der Waals surface area contributed by atoms with Crippen LogP contribution in [0.1, 0.15) is 68.9 Å². The summed E-state index contributed by atoms with van der Waals surface area (Å²) in [6.07, 6.45) is 9.25. The molecule has 3 aliphatic rings. The number of ketones is 1. The molecule has 0 bridgehead atoms. The second kappa shape index (κ2) is 7.30. The summed E-state index contributed by atoms with van der Waals surface area (Å²) in [5, 5.41) is 1.06. The molecule has 3 heteroatoms. The number of unbranched alkanes of at least 4 members (excludes halogenated alkanes) is 1. The number of Topliss-reactive ketones (excluding diaryl/α,β-unsaturated/α-hetero) is 1. The predicted octanol–water partition coefficient (Wildman–Crippen LogP) is 5.91. The van der Waals surface area contributed by atoms with Crippen LogP contribution in [0.25, 0.3) is 0 Å². The van der Waals surface area contributed by atoms with E-state index in [0.29, 0.717) is 29.5 Å². The molecule has 1 aromatic carbocycles. The molecule has 5 unspecified atom stereocenters. The Hall–Kier alpha value is -0.830. The number of hydrogen-bond acceptors (Lipinski definition) is 2. The molecule has 2 fully saturated rings. The SMILES string of the molecule is COc1ccc2c(c1)CCC1C2CCC2(C)C(=O)C(CCCCBr)CC12. The molecule has 0 heterocycles. The Bertz CT molecular complexity index is 685. The first-order valence-electron chi connectivity index (χ1n) is 10.4. The van der Waals surface area contributed by atoms with Crippen LogP contribution in [-0.4, -0.2) is 18.2 Å². The van der Waals surface area contributed by atoms with Gasteiger partial charge in [-0.3, -0.25) is 4.79 Å². The van der Waals surface area contributed by atoms with Crippen LogP contribution in [0.2, 0.25) is 0 Å². The van der Waals surface area contributed by atoms with E-state index in [1.807, 2.05) is 0 Å². The van der Waals surface area contributed by atoms with Crippen molar-refractivity contribution >= 4 is 21.7 Å². The van der Waals surface area contributed by atoms with E-state index >= 15 is 0 Å². The minimum absolute atomic E-state index is 0.0514. The van der Waals surface area contributed by atoms with Crippen LogP contribution in [0.4, 0.5) is 0 Å². The van der Waals surface area contributed by atoms with Gasteiger partial charge in [0.15, 0.2) is 0 Å². The number of alkyl halides is 1. The third-order valence-corrected chi connectivity index (χ3v) is 8.29. The smallest absolute Gasteiger partial charge is 0.142 e. The second-order valence-electron chi connectivity index (χ2n) is 8.92. The Morgan fingerprint density at radius 3 is 2.88 bits per heavy atom. The highest BCUT2D eigenvalue weighted by Gasteiger charge is 2.57. The molecule has 2 nitrogen and oxygen atoms in total. The molecule has 26 heavy (non-hydrogen) atoms. The average Bonchev–Trinajstić information content (AvgIpc) is 2.92. The number of ether oxygens (including phenoxy) is 1. The fourth-order valence-electron chi connectivity index (χ4n) is 6.36. The van der Waals surface area contributed by atoms with E-state index in [9.17, 15) is 4.79 Å². The molecular formula is C23H31BrO2. The maximum Gasteiger partial charge on any atom is 0.142 e. The van der Waals surface area contributed by atoms with Crippen molar-refractivity contribution in [2.24, 2.45) is 23.2 Å². The number of fused-ring (bicyclic) bond motifs is 5. The summed E-state index contributed by atoms with van der Waals surface area (Å²) in [7, 11) is 1.75. The normalized spacial score (nSPS) is 35.6. The zero-order chi connectivity index (χ0) is 18.3. The third-order valence-electron chi connectivity index (χ3n) is 7.73. The van der Waals surface area contributed by atoms with Crippen molar-refractivity contribution in [3.8, 4) is 5.75 Å². The van der Waals surface area contributed by atoms with Crippen molar-refractivity contribution in [3.05, 3.63) is 29.3 Å². The van der Waals surface area contributed by atoms with Crippen molar-refractivity contribution in [2.75, 3.05) is 12.4 Å². The average molecular weight is 419 g/mol. The zero-order valence-electron chi connectivity index (χ0n) is 16.1. The van der Waals surface area contributed by atoms with Gasteiger partial charge in [-0.25, -0.2) is 0 Å². The Kier molecular flexibility index (Phi) is 5.20. The van der Waals surface area contributed by atoms with Crippen molar-refractivity contribution in [3.63, 3.8) is 0 Å². The summed E-state index contributed by atoms with van der Waals surface area (Å²) in [5.41, 5.74) is 2.97. The van der Waals surface area contributed by atoms with Crippen LogP contribution in [0, 0.1) is 23.2 Å². The van der Waals surface area contributed by atoms with Crippen molar-refractivity contribution in [2.45, 2.75) is 64.2 Å². The van der Waals surface area contributed by atoms with Crippen LogP contribution < -0.4 is 4.74 Å². The maximum absolute atomic E-state index is 13.2. The monoisotopic (exact) mass is 418 g/mol. The lowest BCUT2D eigenvalue weighted by Crippen LogP contribution is -2.42. The molecule has 0 aliphatic heterocycles. The van der Waals surface area contributed by atoms with E-state index in [1.165, 1.54) is 31.2 Å². The molecule has 2 saturated carbocycles. The largest absolute Gasteiger partial charge is 0.497 e. The lowest BCUT2D eigenvalue weighted by atomic mass is 9.55. The van der Waals surface area contributed by atoms with Crippen molar-refractivity contribution < 1.29 is 9.53 Å². The minimum atomic E-state index is -0.0514. The van der Waals surface area contributed by atoms with E-state index < -0.39 is 0 Å². The summed E-state index contributed by atoms with van der Waals surface area (Å²) in [5.74, 6) is 3.83. The van der Waals surface area contributed by atoms with E-state index in [-0.39, 0.29) is 5.41 Å². The highest BCUT2D eigenvalue weighted by molar-refractivity contribution is 9.09. The van der Waals surface area contributed by atoms with Gasteiger partial charge in [0, 0.05) is 16.7 Å². The van der Waals surface area contributed by atoms with Crippen LogP contribution in [0.3, 0.4) is 0 Å². The predicted molar refractivity (Wildman–Crippen MR) is 109 cm³/mol. The Labute approximate surface area is 166 Å². The second-order valence-corrected chi connectivity index (χ2v) is 9.71. The van der Waals surface area contributed by atoms with Gasteiger partial charge < -0.3 is 4.74 Å². The molecule has 0 aromatic heterocycles. The molecule has 0 N–H and O–H groups in total. The van der Waals surface area contributed by atoms with Crippen molar-refractivity contribution in [1.82, 2.24) is 0 Å². The van der Waals surface area contributed by atoms with Crippen LogP contribution in [0.5, 0.6) is 5.75 Å². The fourth-order valence-corrected chi connectivity index (χ4v) is 6.76. The number of benzene rings is 1. The molecule has 0 saturated heterocycles. The highest BCUT2D eigenvalue weighted by atomic mass is 79.9. The number of halogens is 1. The number of methoxy groups -OCH3 is 1. The van der Waals surface area contributed by atoms with Crippen LogP contribution >= 0.6 is 15.9 Å². The lowest BCUT2D eigenvalue weighted by Gasteiger charge is -2.48. The van der Waals surface area contributed by atoms with E-state index in [4.69, 9.17) is 4.74 Å². The molecule has 0 amide bonds. The summed E-state index contributed by atoms with van der Waals surface area (Å²) in [4.78, 5) is 13.2. The van der Waals surface area contributed by atoms with Crippen LogP contribution in [0.15, 0.2) is 18.2 Å². The Morgan fingerprint density at radius 2 is 2.12 bits per heavy atom. The fraction of sp³-hybridized carbons (Fsp3) is 0.696. The van der Waals surface area contributed by atoms with Gasteiger partial charge in [-0.15, -0.1) is 0 Å². The van der Waals surface area contributed by atoms with Gasteiger partial charge >= 0.3 is 0 Å². The topological polar surface area (TPSA) is 26.3 Å². The molecular weight excluding hydrogens is 388 g/mol. The molecule has 0 spiro atoms. The van der Waals surface area contributed by atoms with Gasteiger partial charge in [-0.2, -0.15) is 0 Å². The Balaban J connectivity index is 1.57. The highest BCUT2D eigenvalue weighted by Crippen LogP contribution is 2.61. The van der Waals surface area contributed by atoms with Gasteiger partial charge in [0.05, 0.1) is 7.11 Å². The maximum atomic E-state index is 13.2. The first-order valence-corrected chi connectivity index (χ1v) is 11.5. The Morgan fingerprint density at radius 1 is 1.27 bits per heavy atom. The summed E-state index contributed by atoms with van der Waals surface area (Å²) < 4.78 is 5.43. The summed E-state index contributed by atoms with van der Waals surface area (Å²) >= 11 is 3.52. The van der Waals surface area contributed by atoms with E-state index in [0.717, 1.165) is 36.8 Å². The molecule has 1 aromatic rings. The molecule has 4 rings (SSSR count). The molecule has 5 atom stereocenters. The number of hydrogen-bond donors (Lipinski definition) is 0. The van der Waals surface area contributed by atoms with Gasteiger partial charge in [0.25, 0.3) is 0 Å². The number of carbonyl (C=O) groups is 1. The number of carbonyl (C=O) groups excluding carboxylic acids is 1. The quantitative estimate of drug-likeness (QED) is 0.438. The van der Waals surface area contributed by atoms with Gasteiger partial charge in [-0.1, -0.05) is 35.3 Å². The number of aryl methyl sites for hydroxylation is 1. The number of rotatable bonds is 5. The van der Waals surface area contributed by atoms with Gasteiger partial charge in [0.1, 0.15) is 11.5 Å². The standard InChI is InChI=1S/C23H31BrO2/c1-23-11-10-19-18-9-7-17(26-2)13-15(18)6-8-20(19)21(23)14-16(22(23)25)5-3-4-12-24/h7,9,13,16,19-21H,3-6,8,10-12,14H2,1-2H3. The van der Waals surface area contributed by atoms with E-state index in [1.54, 1.807) is 12.7 Å². The first-order chi connectivity index (χ1) is 12.6. The van der Waals surface area contributed by atoms with Crippen molar-refractivity contribution in [1.29, 1.82) is 0 Å². The summed E-state index contributed by atoms with van der Waals surface area (Å²) in [6.45, 7) is 2.30. The molecule has 3 aliphatic carbocycles. The third kappa shape index (κ3) is 2.95. The van der Waals surface area contributed by atoms with Crippen LogP contribution in [-0.2, 0) is 11.2 Å². The first kappa shape index (κ1) is 18.5. The van der Waals surface area contributed by atoms with Gasteiger partial charge in [0.2, 0.25) is 0 Å². The van der Waals surface area contributed by atoms with E-state index in [2.05, 4.69) is 41.1 Å². The van der Waals surface area contributed by atoms with Gasteiger partial charge in [-0.05, 0) is 86.0 Å². The minimum Gasteiger partial charge on any atom is -0.497 e. The lowest BCUT2D eigenvalue weighted by molar-refractivity contribution is -0.132. The summed E-state index contributed by atoms with van der Waals surface area (Å²) in [6, 6.07) is 6.66. The molecule has 0 radical (unpaired) electrons.